The van der Waals surface area contributed by atoms with Gasteiger partial charge in [0, 0.05) is 10.6 Å². The van der Waals surface area contributed by atoms with E-state index in [4.69, 9.17) is 4.74 Å². The van der Waals surface area contributed by atoms with Crippen LogP contribution in [-0.4, -0.2) is 37.5 Å². The number of anilines is 1. The van der Waals surface area contributed by atoms with E-state index in [0.29, 0.717) is 0 Å². The molecule has 1 aromatic rings. The Hall–Kier alpha value is -1.30. The van der Waals surface area contributed by atoms with Crippen LogP contribution in [0, 0.1) is 0 Å². The van der Waals surface area contributed by atoms with E-state index >= 15 is 0 Å². The summed E-state index contributed by atoms with van der Waals surface area (Å²) in [6.45, 7) is 5.76. The van der Waals surface area contributed by atoms with Gasteiger partial charge in [0.05, 0.1) is 11.8 Å². The Kier molecular flexibility index (Phi) is 6.79. The van der Waals surface area contributed by atoms with Crippen LogP contribution in [0.3, 0.4) is 0 Å². The predicted octanol–water partition coefficient (Wildman–Crippen LogP) is 2.67. The van der Waals surface area contributed by atoms with Crippen molar-refractivity contribution in [2.45, 2.75) is 23.8 Å². The molecule has 1 fully saturated rings. The summed E-state index contributed by atoms with van der Waals surface area (Å²) >= 11 is 1.65. The summed E-state index contributed by atoms with van der Waals surface area (Å²) in [6, 6.07) is 7.79. The number of amides is 1. The first-order chi connectivity index (χ1) is 10.3. The number of ether oxygens (including phenoxy) is 1. The van der Waals surface area contributed by atoms with E-state index in [0.717, 1.165) is 42.3 Å². The second-order valence-corrected chi connectivity index (χ2v) is 5.97. The predicted molar refractivity (Wildman–Crippen MR) is 87.8 cm³/mol. The first-order valence-electron chi connectivity index (χ1n) is 7.24. The Balaban J connectivity index is 1.82. The highest BCUT2D eigenvalue weighted by atomic mass is 32.2. The van der Waals surface area contributed by atoms with Gasteiger partial charge in [-0.15, -0.1) is 18.3 Å². The molecule has 0 atom stereocenters. The van der Waals surface area contributed by atoms with Crippen LogP contribution < -0.4 is 10.6 Å². The fraction of sp³-hybridized carbons (Fsp3) is 0.438. The highest BCUT2D eigenvalue weighted by Gasteiger charge is 2.15. The van der Waals surface area contributed by atoms with Crippen molar-refractivity contribution in [1.29, 1.82) is 0 Å². The molecule has 0 bridgehead atoms. The molecule has 1 saturated heterocycles. The average Bonchev–Trinajstić information content (AvgIpc) is 2.53. The molecule has 0 saturated carbocycles. The minimum absolute atomic E-state index is 0.0971. The number of hydrogen-bond donors (Lipinski definition) is 2. The van der Waals surface area contributed by atoms with Gasteiger partial charge >= 0.3 is 0 Å². The van der Waals surface area contributed by atoms with Crippen molar-refractivity contribution >= 4 is 23.4 Å². The quantitative estimate of drug-likeness (QED) is 0.601. The Morgan fingerprint density at radius 2 is 2.19 bits per heavy atom. The molecule has 1 aromatic carbocycles. The first kappa shape index (κ1) is 16.1. The Morgan fingerprint density at radius 1 is 1.43 bits per heavy atom. The maximum atomic E-state index is 12.0. The van der Waals surface area contributed by atoms with Crippen LogP contribution in [0.2, 0.25) is 0 Å². The van der Waals surface area contributed by atoms with E-state index in [1.54, 1.807) is 11.8 Å². The third-order valence-corrected chi connectivity index (χ3v) is 4.32. The number of carbonyl (C=O) groups is 1. The van der Waals surface area contributed by atoms with Crippen molar-refractivity contribution < 1.29 is 9.53 Å². The largest absolute Gasteiger partial charge is 0.368 e. The van der Waals surface area contributed by atoms with Crippen molar-refractivity contribution in [3.63, 3.8) is 0 Å². The van der Waals surface area contributed by atoms with E-state index in [9.17, 15) is 4.79 Å². The molecule has 1 heterocycles. The van der Waals surface area contributed by atoms with E-state index in [-0.39, 0.29) is 18.6 Å². The Bertz CT molecular complexity index is 473. The van der Waals surface area contributed by atoms with Crippen molar-refractivity contribution in [3.05, 3.63) is 36.9 Å². The van der Waals surface area contributed by atoms with Crippen LogP contribution in [0.1, 0.15) is 12.8 Å². The SMILES string of the molecule is C=CCSc1ccccc1NC(=O)COC1CCNCC1. The molecule has 0 aromatic heterocycles. The third-order valence-electron chi connectivity index (χ3n) is 3.25. The van der Waals surface area contributed by atoms with Crippen LogP contribution in [0.4, 0.5) is 5.69 Å². The molecule has 0 spiro atoms. The first-order valence-corrected chi connectivity index (χ1v) is 8.23. The summed E-state index contributed by atoms with van der Waals surface area (Å²) < 4.78 is 5.66. The molecule has 0 aliphatic carbocycles. The number of hydrogen-bond acceptors (Lipinski definition) is 4. The number of para-hydroxylation sites is 1. The number of piperidine rings is 1. The van der Waals surface area contributed by atoms with Crippen LogP contribution in [0.5, 0.6) is 0 Å². The molecular weight excluding hydrogens is 284 g/mol. The lowest BCUT2D eigenvalue weighted by molar-refractivity contribution is -0.123. The highest BCUT2D eigenvalue weighted by Crippen LogP contribution is 2.26. The Labute approximate surface area is 130 Å². The van der Waals surface area contributed by atoms with E-state index in [1.807, 2.05) is 30.3 Å². The zero-order chi connectivity index (χ0) is 14.9. The molecule has 0 unspecified atom stereocenters. The summed E-state index contributed by atoms with van der Waals surface area (Å²) in [5, 5.41) is 6.20. The molecule has 21 heavy (non-hydrogen) atoms. The van der Waals surface area contributed by atoms with E-state index < -0.39 is 0 Å². The minimum Gasteiger partial charge on any atom is -0.368 e. The number of carbonyl (C=O) groups excluding carboxylic acids is 1. The fourth-order valence-electron chi connectivity index (χ4n) is 2.19. The lowest BCUT2D eigenvalue weighted by Gasteiger charge is -2.22. The minimum atomic E-state index is -0.0971. The van der Waals surface area contributed by atoms with Crippen molar-refractivity contribution in [2.75, 3.05) is 30.8 Å². The molecule has 2 N–H and O–H groups in total. The smallest absolute Gasteiger partial charge is 0.250 e. The van der Waals surface area contributed by atoms with Gasteiger partial charge in [0.15, 0.2) is 0 Å². The topological polar surface area (TPSA) is 50.4 Å². The molecule has 0 radical (unpaired) electrons. The van der Waals surface area contributed by atoms with Gasteiger partial charge in [-0.3, -0.25) is 4.79 Å². The fourth-order valence-corrected chi connectivity index (χ4v) is 2.93. The monoisotopic (exact) mass is 306 g/mol. The summed E-state index contributed by atoms with van der Waals surface area (Å²) in [5.41, 5.74) is 0.836. The molecule has 114 valence electrons. The molecule has 2 rings (SSSR count). The van der Waals surface area contributed by atoms with Crippen molar-refractivity contribution in [2.24, 2.45) is 0 Å². The third kappa shape index (κ3) is 5.53. The highest BCUT2D eigenvalue weighted by molar-refractivity contribution is 7.99. The number of thioether (sulfide) groups is 1. The Morgan fingerprint density at radius 3 is 2.95 bits per heavy atom. The van der Waals surface area contributed by atoms with Crippen LogP contribution in [0.15, 0.2) is 41.8 Å². The molecule has 1 amide bonds. The van der Waals surface area contributed by atoms with Gasteiger partial charge in [0.1, 0.15) is 6.61 Å². The zero-order valence-corrected chi connectivity index (χ0v) is 13.0. The normalized spacial score (nSPS) is 15.6. The standard InChI is InChI=1S/C16H22N2O2S/c1-2-11-21-15-6-4-3-5-14(15)18-16(19)12-20-13-7-9-17-10-8-13/h2-6,13,17H,1,7-12H2,(H,18,19). The number of nitrogens with one attached hydrogen (secondary N) is 2. The lowest BCUT2D eigenvalue weighted by Crippen LogP contribution is -2.34. The molecule has 1 aliphatic heterocycles. The van der Waals surface area contributed by atoms with Gasteiger partial charge in [-0.1, -0.05) is 18.2 Å². The van der Waals surface area contributed by atoms with Crippen molar-refractivity contribution in [1.82, 2.24) is 5.32 Å². The molecule has 1 aliphatic rings. The van der Waals surface area contributed by atoms with Crippen LogP contribution >= 0.6 is 11.8 Å². The van der Waals surface area contributed by atoms with Gasteiger partial charge in [-0.2, -0.15) is 0 Å². The summed E-state index contributed by atoms with van der Waals surface area (Å²) in [5.74, 6) is 0.721. The van der Waals surface area contributed by atoms with E-state index in [2.05, 4.69) is 17.2 Å². The number of benzene rings is 1. The summed E-state index contributed by atoms with van der Waals surface area (Å²) in [4.78, 5) is 13.0. The van der Waals surface area contributed by atoms with E-state index in [1.165, 1.54) is 0 Å². The van der Waals surface area contributed by atoms with Crippen LogP contribution in [0.25, 0.3) is 0 Å². The molecule has 4 nitrogen and oxygen atoms in total. The lowest BCUT2D eigenvalue weighted by atomic mass is 10.1. The average molecular weight is 306 g/mol. The molecule has 5 heteroatoms. The van der Waals surface area contributed by atoms with Crippen molar-refractivity contribution in [3.8, 4) is 0 Å². The molecular formula is C16H22N2O2S. The maximum absolute atomic E-state index is 12.0. The number of rotatable bonds is 7. The van der Waals surface area contributed by atoms with Crippen LogP contribution in [-0.2, 0) is 9.53 Å². The summed E-state index contributed by atoms with van der Waals surface area (Å²) in [6.07, 6.45) is 3.99. The zero-order valence-electron chi connectivity index (χ0n) is 12.1. The second kappa shape index (κ2) is 8.87. The maximum Gasteiger partial charge on any atom is 0.250 e. The van der Waals surface area contributed by atoms with Gasteiger partial charge < -0.3 is 15.4 Å². The van der Waals surface area contributed by atoms with Gasteiger partial charge in [-0.25, -0.2) is 0 Å². The summed E-state index contributed by atoms with van der Waals surface area (Å²) in [7, 11) is 0. The van der Waals surface area contributed by atoms with Gasteiger partial charge in [0.2, 0.25) is 5.91 Å². The van der Waals surface area contributed by atoms with Gasteiger partial charge in [-0.05, 0) is 38.1 Å². The second-order valence-electron chi connectivity index (χ2n) is 4.90. The van der Waals surface area contributed by atoms with Gasteiger partial charge in [0.25, 0.3) is 0 Å².